The second kappa shape index (κ2) is 4.58. The van der Waals surface area contributed by atoms with Crippen LogP contribution in [0.1, 0.15) is 5.56 Å². The van der Waals surface area contributed by atoms with E-state index in [1.54, 1.807) is 7.11 Å². The standard InChI is InChI=1S/C14H13ClO/c1-10-6-7-12(15)9-14(10)11-4-3-5-13(8-11)16-2/h3-9H,1-2H3. The van der Waals surface area contributed by atoms with Crippen molar-refractivity contribution < 1.29 is 4.74 Å². The molecule has 0 saturated heterocycles. The molecule has 2 aromatic carbocycles. The predicted molar refractivity (Wildman–Crippen MR) is 68.2 cm³/mol. The molecule has 0 aliphatic rings. The van der Waals surface area contributed by atoms with E-state index in [0.29, 0.717) is 0 Å². The second-order valence-electron chi connectivity index (χ2n) is 3.69. The van der Waals surface area contributed by atoms with Gasteiger partial charge in [0.25, 0.3) is 0 Å². The van der Waals surface area contributed by atoms with Gasteiger partial charge in [0.15, 0.2) is 0 Å². The topological polar surface area (TPSA) is 9.23 Å². The Labute approximate surface area is 101 Å². The number of rotatable bonds is 2. The summed E-state index contributed by atoms with van der Waals surface area (Å²) in [6.45, 7) is 2.07. The number of ether oxygens (including phenoxy) is 1. The van der Waals surface area contributed by atoms with Gasteiger partial charge in [-0.3, -0.25) is 0 Å². The lowest BCUT2D eigenvalue weighted by molar-refractivity contribution is 0.415. The second-order valence-corrected chi connectivity index (χ2v) is 4.13. The summed E-state index contributed by atoms with van der Waals surface area (Å²) in [4.78, 5) is 0. The lowest BCUT2D eigenvalue weighted by Gasteiger charge is -2.08. The number of halogens is 1. The predicted octanol–water partition coefficient (Wildman–Crippen LogP) is 4.32. The van der Waals surface area contributed by atoms with Crippen LogP contribution in [0.2, 0.25) is 5.02 Å². The molecule has 16 heavy (non-hydrogen) atoms. The highest BCUT2D eigenvalue weighted by atomic mass is 35.5. The Bertz CT molecular complexity index is 506. The minimum absolute atomic E-state index is 0.753. The lowest BCUT2D eigenvalue weighted by atomic mass is 10.0. The van der Waals surface area contributed by atoms with Crippen LogP contribution in [0, 0.1) is 6.92 Å². The van der Waals surface area contributed by atoms with E-state index in [4.69, 9.17) is 16.3 Å². The summed E-state index contributed by atoms with van der Waals surface area (Å²) in [5, 5.41) is 0.753. The van der Waals surface area contributed by atoms with Crippen molar-refractivity contribution in [3.8, 4) is 16.9 Å². The molecular formula is C14H13ClO. The summed E-state index contributed by atoms with van der Waals surface area (Å²) in [6.07, 6.45) is 0. The van der Waals surface area contributed by atoms with Gasteiger partial charge in [0.1, 0.15) is 5.75 Å². The van der Waals surface area contributed by atoms with E-state index in [2.05, 4.69) is 13.0 Å². The third kappa shape index (κ3) is 2.20. The van der Waals surface area contributed by atoms with Crippen LogP contribution < -0.4 is 4.74 Å². The molecule has 0 N–H and O–H groups in total. The smallest absolute Gasteiger partial charge is 0.119 e. The average Bonchev–Trinajstić information content (AvgIpc) is 2.32. The van der Waals surface area contributed by atoms with Crippen molar-refractivity contribution >= 4 is 11.6 Å². The first-order valence-electron chi connectivity index (χ1n) is 5.11. The summed E-state index contributed by atoms with van der Waals surface area (Å²) in [7, 11) is 1.67. The molecule has 2 rings (SSSR count). The van der Waals surface area contributed by atoms with Crippen molar-refractivity contribution in [3.63, 3.8) is 0 Å². The maximum atomic E-state index is 6.01. The first-order valence-corrected chi connectivity index (χ1v) is 5.49. The molecule has 0 heterocycles. The molecule has 0 aliphatic carbocycles. The Hall–Kier alpha value is -1.47. The van der Waals surface area contributed by atoms with Crippen LogP contribution in [-0.2, 0) is 0 Å². The molecule has 0 amide bonds. The first kappa shape index (κ1) is 11.0. The van der Waals surface area contributed by atoms with Crippen LogP contribution in [0.15, 0.2) is 42.5 Å². The molecule has 0 aromatic heterocycles. The van der Waals surface area contributed by atoms with E-state index in [0.717, 1.165) is 21.9 Å². The van der Waals surface area contributed by atoms with Crippen molar-refractivity contribution in [1.29, 1.82) is 0 Å². The van der Waals surface area contributed by atoms with E-state index in [9.17, 15) is 0 Å². The minimum atomic E-state index is 0.753. The Kier molecular flexibility index (Phi) is 3.16. The van der Waals surface area contributed by atoms with Gasteiger partial charge in [0, 0.05) is 5.02 Å². The average molecular weight is 233 g/mol. The molecule has 0 saturated carbocycles. The molecule has 0 unspecified atom stereocenters. The monoisotopic (exact) mass is 232 g/mol. The van der Waals surface area contributed by atoms with Crippen LogP contribution in [0.25, 0.3) is 11.1 Å². The van der Waals surface area contributed by atoms with Crippen molar-refractivity contribution in [2.45, 2.75) is 6.92 Å². The quantitative estimate of drug-likeness (QED) is 0.749. The maximum Gasteiger partial charge on any atom is 0.119 e. The first-order chi connectivity index (χ1) is 7.70. The molecule has 0 fully saturated rings. The third-order valence-electron chi connectivity index (χ3n) is 2.58. The summed E-state index contributed by atoms with van der Waals surface area (Å²) in [5.41, 5.74) is 3.48. The summed E-state index contributed by atoms with van der Waals surface area (Å²) >= 11 is 6.01. The molecule has 0 bridgehead atoms. The Morgan fingerprint density at radius 1 is 1.06 bits per heavy atom. The zero-order chi connectivity index (χ0) is 11.5. The summed E-state index contributed by atoms with van der Waals surface area (Å²) < 4.78 is 5.21. The van der Waals surface area contributed by atoms with Crippen LogP contribution in [-0.4, -0.2) is 7.11 Å². The number of hydrogen-bond donors (Lipinski definition) is 0. The van der Waals surface area contributed by atoms with Crippen LogP contribution >= 0.6 is 11.6 Å². The van der Waals surface area contributed by atoms with Gasteiger partial charge in [0.05, 0.1) is 7.11 Å². The van der Waals surface area contributed by atoms with Gasteiger partial charge in [0.2, 0.25) is 0 Å². The van der Waals surface area contributed by atoms with E-state index < -0.39 is 0 Å². The maximum absolute atomic E-state index is 6.01. The molecule has 2 heteroatoms. The van der Waals surface area contributed by atoms with Crippen molar-refractivity contribution in [2.75, 3.05) is 7.11 Å². The fourth-order valence-corrected chi connectivity index (χ4v) is 1.87. The van der Waals surface area contributed by atoms with E-state index in [1.165, 1.54) is 5.56 Å². The Morgan fingerprint density at radius 2 is 1.88 bits per heavy atom. The van der Waals surface area contributed by atoms with E-state index in [-0.39, 0.29) is 0 Å². The van der Waals surface area contributed by atoms with Crippen LogP contribution in [0.4, 0.5) is 0 Å². The fourth-order valence-electron chi connectivity index (χ4n) is 1.70. The number of hydrogen-bond acceptors (Lipinski definition) is 1. The Balaban J connectivity index is 2.53. The summed E-state index contributed by atoms with van der Waals surface area (Å²) in [5.74, 6) is 0.858. The highest BCUT2D eigenvalue weighted by Crippen LogP contribution is 2.28. The zero-order valence-electron chi connectivity index (χ0n) is 9.33. The van der Waals surface area contributed by atoms with Gasteiger partial charge in [-0.15, -0.1) is 0 Å². The highest BCUT2D eigenvalue weighted by molar-refractivity contribution is 6.30. The fraction of sp³-hybridized carbons (Fsp3) is 0.143. The van der Waals surface area contributed by atoms with Gasteiger partial charge in [-0.2, -0.15) is 0 Å². The molecule has 82 valence electrons. The van der Waals surface area contributed by atoms with Gasteiger partial charge < -0.3 is 4.74 Å². The van der Waals surface area contributed by atoms with Crippen LogP contribution in [0.3, 0.4) is 0 Å². The molecule has 0 aliphatic heterocycles. The molecule has 1 nitrogen and oxygen atoms in total. The van der Waals surface area contributed by atoms with Crippen molar-refractivity contribution in [2.24, 2.45) is 0 Å². The van der Waals surface area contributed by atoms with Crippen molar-refractivity contribution in [1.82, 2.24) is 0 Å². The van der Waals surface area contributed by atoms with Crippen molar-refractivity contribution in [3.05, 3.63) is 53.1 Å². The molecule has 0 spiro atoms. The van der Waals surface area contributed by atoms with Crippen LogP contribution in [0.5, 0.6) is 5.75 Å². The number of methoxy groups -OCH3 is 1. The highest BCUT2D eigenvalue weighted by Gasteiger charge is 2.03. The minimum Gasteiger partial charge on any atom is -0.497 e. The van der Waals surface area contributed by atoms with E-state index in [1.807, 2.05) is 36.4 Å². The normalized spacial score (nSPS) is 10.2. The summed E-state index contributed by atoms with van der Waals surface area (Å²) in [6, 6.07) is 13.9. The van der Waals surface area contributed by atoms with Gasteiger partial charge in [-0.1, -0.05) is 29.8 Å². The Morgan fingerprint density at radius 3 is 2.62 bits per heavy atom. The molecule has 0 atom stereocenters. The number of benzene rings is 2. The molecule has 0 radical (unpaired) electrons. The van der Waals surface area contributed by atoms with Gasteiger partial charge >= 0.3 is 0 Å². The largest absolute Gasteiger partial charge is 0.497 e. The van der Waals surface area contributed by atoms with Gasteiger partial charge in [-0.25, -0.2) is 0 Å². The van der Waals surface area contributed by atoms with E-state index >= 15 is 0 Å². The lowest BCUT2D eigenvalue weighted by Crippen LogP contribution is -1.86. The molecule has 2 aromatic rings. The SMILES string of the molecule is COc1cccc(-c2cc(Cl)ccc2C)c1. The molecular weight excluding hydrogens is 220 g/mol. The third-order valence-corrected chi connectivity index (χ3v) is 2.82. The van der Waals surface area contributed by atoms with Gasteiger partial charge in [-0.05, 0) is 47.9 Å². The number of aryl methyl sites for hydroxylation is 1. The zero-order valence-corrected chi connectivity index (χ0v) is 10.1.